The summed E-state index contributed by atoms with van der Waals surface area (Å²) in [5.74, 6) is -14.8. The molecule has 0 aliphatic heterocycles. The van der Waals surface area contributed by atoms with Gasteiger partial charge in [0.25, 0.3) is 0 Å². The lowest BCUT2D eigenvalue weighted by molar-refractivity contribution is -0.382. The summed E-state index contributed by atoms with van der Waals surface area (Å²) in [6.07, 6.45) is -4.86. The van der Waals surface area contributed by atoms with E-state index in [9.17, 15) is 52.5 Å². The Balaban J connectivity index is 0.000000567. The van der Waals surface area contributed by atoms with Gasteiger partial charge in [-0.2, -0.15) is 39.5 Å². The van der Waals surface area contributed by atoms with Crippen molar-refractivity contribution in [3.8, 4) is 0 Å². The van der Waals surface area contributed by atoms with Crippen LogP contribution in [0, 0.1) is 0 Å². The van der Waals surface area contributed by atoms with Gasteiger partial charge in [0, 0.05) is 10.9 Å². The highest BCUT2D eigenvalue weighted by atomic mass is 32.2. The number of hydrogen-bond acceptors (Lipinski definition) is 3. The van der Waals surface area contributed by atoms with Crippen LogP contribution in [0.25, 0.3) is 0 Å². The maximum Gasteiger partial charge on any atom is 0.460 e. The standard InChI is InChI=1S/C10H15S.C4HF9O3S/c1-9(2)11(3)10-7-5-4-6-8-10;5-1(6,3(9,10)11)2(7,8)4(12,13)17(14,15)16/h4-9H,1-3H3;(H,14,15,16)/q+1;/p-1. The van der Waals surface area contributed by atoms with Crippen LogP contribution < -0.4 is 0 Å². The first-order valence-electron chi connectivity index (χ1n) is 7.07. The Morgan fingerprint density at radius 3 is 1.54 bits per heavy atom. The van der Waals surface area contributed by atoms with Gasteiger partial charge in [-0.25, -0.2) is 8.42 Å². The summed E-state index contributed by atoms with van der Waals surface area (Å²) in [5.41, 5.74) is 0. The first-order valence-corrected chi connectivity index (χ1v) is 10.2. The summed E-state index contributed by atoms with van der Waals surface area (Å²) in [6, 6.07) is 10.7. The van der Waals surface area contributed by atoms with Crippen LogP contribution in [-0.4, -0.2) is 47.8 Å². The molecule has 0 saturated heterocycles. The normalized spacial score (nSPS) is 15.1. The van der Waals surface area contributed by atoms with Crippen molar-refractivity contribution in [2.45, 2.75) is 47.3 Å². The fourth-order valence-corrected chi connectivity index (χ4v) is 3.00. The zero-order valence-corrected chi connectivity index (χ0v) is 16.0. The molecule has 0 N–H and O–H groups in total. The Morgan fingerprint density at radius 2 is 1.25 bits per heavy atom. The fraction of sp³-hybridized carbons (Fsp3) is 0.571. The third-order valence-electron chi connectivity index (χ3n) is 3.25. The van der Waals surface area contributed by atoms with Crippen molar-refractivity contribution in [1.29, 1.82) is 0 Å². The topological polar surface area (TPSA) is 57.2 Å². The minimum absolute atomic E-state index is 0.415. The molecule has 0 bridgehead atoms. The Bertz CT molecular complexity index is 732. The lowest BCUT2D eigenvalue weighted by atomic mass is 10.1. The molecule has 0 heterocycles. The third kappa shape index (κ3) is 5.47. The van der Waals surface area contributed by atoms with Crippen molar-refractivity contribution < 1.29 is 52.5 Å². The van der Waals surface area contributed by atoms with E-state index in [4.69, 9.17) is 0 Å². The van der Waals surface area contributed by atoms with E-state index in [0.717, 1.165) is 5.25 Å². The molecule has 1 atom stereocenters. The van der Waals surface area contributed by atoms with Crippen LogP contribution in [0.1, 0.15) is 13.8 Å². The summed E-state index contributed by atoms with van der Waals surface area (Å²) in [6.45, 7) is 4.55. The SMILES string of the molecule is CC(C)[S+](C)c1ccccc1.O=S(=O)([O-])C(F)(F)C(F)(F)C(F)(F)C(F)(F)F. The molecule has 0 aliphatic carbocycles. The van der Waals surface area contributed by atoms with E-state index in [0.29, 0.717) is 10.9 Å². The van der Waals surface area contributed by atoms with Crippen LogP contribution in [0.3, 0.4) is 0 Å². The first kappa shape index (κ1) is 26.9. The molecule has 14 heteroatoms. The Morgan fingerprint density at radius 1 is 0.857 bits per heavy atom. The molecule has 0 fully saturated rings. The van der Waals surface area contributed by atoms with Crippen LogP contribution in [0.5, 0.6) is 0 Å². The molecule has 1 rings (SSSR count). The molecule has 0 radical (unpaired) electrons. The van der Waals surface area contributed by atoms with E-state index in [2.05, 4.69) is 50.4 Å². The van der Waals surface area contributed by atoms with Gasteiger partial charge < -0.3 is 4.55 Å². The first-order chi connectivity index (χ1) is 12.2. The zero-order valence-electron chi connectivity index (χ0n) is 14.4. The van der Waals surface area contributed by atoms with Crippen LogP contribution in [0.15, 0.2) is 35.2 Å². The van der Waals surface area contributed by atoms with Gasteiger partial charge in [-0.3, -0.25) is 0 Å². The lowest BCUT2D eigenvalue weighted by Gasteiger charge is -2.34. The zero-order chi connectivity index (χ0) is 22.8. The van der Waals surface area contributed by atoms with E-state index in [-0.39, 0.29) is 0 Å². The van der Waals surface area contributed by atoms with Gasteiger partial charge in [0.15, 0.2) is 15.0 Å². The second kappa shape index (κ2) is 8.69. The van der Waals surface area contributed by atoms with Gasteiger partial charge >= 0.3 is 23.3 Å². The smallest absolute Gasteiger partial charge is 0.460 e. The summed E-state index contributed by atoms with van der Waals surface area (Å²) in [7, 11) is -7.00. The quantitative estimate of drug-likeness (QED) is 0.360. The molecule has 0 saturated carbocycles. The molecule has 0 aromatic heterocycles. The van der Waals surface area contributed by atoms with E-state index in [1.54, 1.807) is 0 Å². The maximum atomic E-state index is 12.2. The molecular formula is C14H15F9O3S2. The van der Waals surface area contributed by atoms with E-state index in [1.807, 2.05) is 0 Å². The Hall–Kier alpha value is -1.15. The summed E-state index contributed by atoms with van der Waals surface area (Å²) in [5, 5.41) is -6.35. The van der Waals surface area contributed by atoms with Crippen LogP contribution >= 0.6 is 0 Å². The van der Waals surface area contributed by atoms with Crippen LogP contribution in [-0.2, 0) is 21.0 Å². The van der Waals surface area contributed by atoms with Crippen molar-refractivity contribution in [1.82, 2.24) is 0 Å². The van der Waals surface area contributed by atoms with Gasteiger partial charge in [0.1, 0.15) is 11.5 Å². The molecule has 0 aliphatic rings. The van der Waals surface area contributed by atoms with Crippen LogP contribution in [0.4, 0.5) is 39.5 Å². The highest BCUT2D eigenvalue weighted by Gasteiger charge is 2.83. The van der Waals surface area contributed by atoms with E-state index >= 15 is 0 Å². The van der Waals surface area contributed by atoms with Gasteiger partial charge in [0.05, 0.1) is 0 Å². The van der Waals surface area contributed by atoms with Crippen molar-refractivity contribution in [3.05, 3.63) is 30.3 Å². The second-order valence-electron chi connectivity index (χ2n) is 5.54. The molecule has 1 aromatic rings. The molecule has 3 nitrogen and oxygen atoms in total. The third-order valence-corrected chi connectivity index (χ3v) is 6.57. The van der Waals surface area contributed by atoms with Crippen molar-refractivity contribution >= 4 is 21.0 Å². The minimum atomic E-state index is -7.43. The Labute approximate surface area is 158 Å². The highest BCUT2D eigenvalue weighted by molar-refractivity contribution is 7.96. The number of rotatable bonds is 5. The molecule has 0 amide bonds. The lowest BCUT2D eigenvalue weighted by Crippen LogP contribution is -2.63. The number of alkyl halides is 9. The van der Waals surface area contributed by atoms with Gasteiger partial charge in [0.2, 0.25) is 0 Å². The van der Waals surface area contributed by atoms with Crippen LogP contribution in [0.2, 0.25) is 0 Å². The van der Waals surface area contributed by atoms with Gasteiger partial charge in [-0.15, -0.1) is 0 Å². The molecular weight excluding hydrogens is 451 g/mol. The van der Waals surface area contributed by atoms with Gasteiger partial charge in [-0.1, -0.05) is 18.2 Å². The molecule has 28 heavy (non-hydrogen) atoms. The number of halogens is 9. The molecule has 1 aromatic carbocycles. The number of hydrogen-bond donors (Lipinski definition) is 0. The molecule has 0 spiro atoms. The van der Waals surface area contributed by atoms with Crippen molar-refractivity contribution in [3.63, 3.8) is 0 Å². The number of benzene rings is 1. The fourth-order valence-electron chi connectivity index (χ4n) is 1.43. The van der Waals surface area contributed by atoms with Gasteiger partial charge in [-0.05, 0) is 26.0 Å². The minimum Gasteiger partial charge on any atom is -0.743 e. The van der Waals surface area contributed by atoms with E-state index < -0.39 is 33.4 Å². The largest absolute Gasteiger partial charge is 0.743 e. The summed E-state index contributed by atoms with van der Waals surface area (Å²) in [4.78, 5) is 1.47. The predicted molar refractivity (Wildman–Crippen MR) is 83.7 cm³/mol. The average Bonchev–Trinajstić information content (AvgIpc) is 2.53. The Kier molecular flexibility index (Phi) is 8.34. The highest BCUT2D eigenvalue weighted by Crippen LogP contribution is 2.54. The summed E-state index contributed by atoms with van der Waals surface area (Å²) < 4.78 is 135. The summed E-state index contributed by atoms with van der Waals surface area (Å²) >= 11 is 0. The average molecular weight is 466 g/mol. The van der Waals surface area contributed by atoms with Crippen molar-refractivity contribution in [2.75, 3.05) is 6.26 Å². The van der Waals surface area contributed by atoms with E-state index in [1.165, 1.54) is 4.90 Å². The maximum absolute atomic E-state index is 12.2. The van der Waals surface area contributed by atoms with Crippen molar-refractivity contribution in [2.24, 2.45) is 0 Å². The second-order valence-corrected chi connectivity index (χ2v) is 9.49. The molecule has 1 unspecified atom stereocenters. The monoisotopic (exact) mass is 466 g/mol. The predicted octanol–water partition coefficient (Wildman–Crippen LogP) is 4.66. The molecule has 164 valence electrons.